The van der Waals surface area contributed by atoms with Crippen molar-refractivity contribution in [3.8, 4) is 0 Å². The van der Waals surface area contributed by atoms with Crippen LogP contribution in [0.3, 0.4) is 0 Å². The van der Waals surface area contributed by atoms with Crippen molar-refractivity contribution < 1.29 is 0 Å². The van der Waals surface area contributed by atoms with Crippen LogP contribution in [0.4, 0.5) is 0 Å². The summed E-state index contributed by atoms with van der Waals surface area (Å²) in [6.45, 7) is 6.61. The number of guanidine groups is 1. The molecule has 0 amide bonds. The van der Waals surface area contributed by atoms with E-state index in [9.17, 15) is 0 Å². The first-order valence-electron chi connectivity index (χ1n) is 4.74. The molecule has 0 unspecified atom stereocenters. The third-order valence-corrected chi connectivity index (χ3v) is 3.93. The fourth-order valence-electron chi connectivity index (χ4n) is 1.43. The van der Waals surface area contributed by atoms with E-state index in [-0.39, 0.29) is 0 Å². The Labute approximate surface area is 84.8 Å². The van der Waals surface area contributed by atoms with Gasteiger partial charge in [-0.1, -0.05) is 13.8 Å². The van der Waals surface area contributed by atoms with Crippen LogP contribution in [-0.2, 0) is 0 Å². The first-order valence-corrected chi connectivity index (χ1v) is 5.78. The van der Waals surface area contributed by atoms with E-state index >= 15 is 0 Å². The molecule has 0 aromatic carbocycles. The molecule has 1 rings (SSSR count). The monoisotopic (exact) mass is 201 g/mol. The molecule has 4 heteroatoms. The van der Waals surface area contributed by atoms with Crippen molar-refractivity contribution in [1.82, 2.24) is 4.90 Å². The maximum Gasteiger partial charge on any atom is 0.191 e. The minimum absolute atomic E-state index is 0.686. The van der Waals surface area contributed by atoms with E-state index in [1.165, 1.54) is 5.75 Å². The van der Waals surface area contributed by atoms with Gasteiger partial charge in [0.25, 0.3) is 0 Å². The van der Waals surface area contributed by atoms with E-state index in [1.54, 1.807) is 7.05 Å². The molecular weight excluding hydrogens is 182 g/mol. The van der Waals surface area contributed by atoms with Crippen LogP contribution in [0.1, 0.15) is 13.8 Å². The average molecular weight is 201 g/mol. The number of aliphatic imine (C=N–C) groups is 1. The predicted molar refractivity (Wildman–Crippen MR) is 60.2 cm³/mol. The van der Waals surface area contributed by atoms with Crippen molar-refractivity contribution in [3.05, 3.63) is 0 Å². The van der Waals surface area contributed by atoms with Gasteiger partial charge in [0.15, 0.2) is 5.96 Å². The van der Waals surface area contributed by atoms with E-state index in [0.717, 1.165) is 19.0 Å². The molecule has 0 aliphatic carbocycles. The van der Waals surface area contributed by atoms with Gasteiger partial charge in [-0.25, -0.2) is 0 Å². The van der Waals surface area contributed by atoms with Crippen LogP contribution >= 0.6 is 11.8 Å². The topological polar surface area (TPSA) is 41.6 Å². The lowest BCUT2D eigenvalue weighted by Crippen LogP contribution is -2.46. The van der Waals surface area contributed by atoms with Gasteiger partial charge in [0.2, 0.25) is 0 Å². The normalized spacial score (nSPS) is 25.4. The van der Waals surface area contributed by atoms with Crippen LogP contribution in [0.15, 0.2) is 4.99 Å². The van der Waals surface area contributed by atoms with Crippen molar-refractivity contribution in [2.24, 2.45) is 16.6 Å². The van der Waals surface area contributed by atoms with Gasteiger partial charge < -0.3 is 10.6 Å². The molecular formula is C9H19N3S. The minimum atomic E-state index is 0.686. The Kier molecular flexibility index (Phi) is 3.90. The summed E-state index contributed by atoms with van der Waals surface area (Å²) in [4.78, 5) is 6.20. The van der Waals surface area contributed by atoms with Crippen molar-refractivity contribution in [2.75, 3.05) is 25.9 Å². The molecule has 0 bridgehead atoms. The molecule has 0 aromatic rings. The quantitative estimate of drug-likeness (QED) is 0.508. The highest BCUT2D eigenvalue weighted by Crippen LogP contribution is 2.24. The Hall–Kier alpha value is -0.380. The molecule has 1 aliphatic rings. The van der Waals surface area contributed by atoms with Gasteiger partial charge in [0.1, 0.15) is 0 Å². The van der Waals surface area contributed by atoms with E-state index in [0.29, 0.717) is 11.2 Å². The highest BCUT2D eigenvalue weighted by atomic mass is 32.2. The lowest BCUT2D eigenvalue weighted by atomic mass is 10.1. The molecule has 13 heavy (non-hydrogen) atoms. The summed E-state index contributed by atoms with van der Waals surface area (Å²) in [5.74, 6) is 2.57. The van der Waals surface area contributed by atoms with Gasteiger partial charge in [-0.3, -0.25) is 4.99 Å². The fourth-order valence-corrected chi connectivity index (χ4v) is 2.73. The zero-order valence-corrected chi connectivity index (χ0v) is 9.47. The Morgan fingerprint density at radius 3 is 2.85 bits per heavy atom. The molecule has 1 aliphatic heterocycles. The third kappa shape index (κ3) is 2.79. The van der Waals surface area contributed by atoms with Crippen LogP contribution in [0.2, 0.25) is 0 Å². The van der Waals surface area contributed by atoms with Crippen LogP contribution in [0.5, 0.6) is 0 Å². The molecule has 0 saturated carbocycles. The Bertz CT molecular complexity index is 191. The molecule has 1 fully saturated rings. The summed E-state index contributed by atoms with van der Waals surface area (Å²) in [6.07, 6.45) is 0. The zero-order chi connectivity index (χ0) is 9.84. The van der Waals surface area contributed by atoms with Crippen molar-refractivity contribution >= 4 is 17.7 Å². The van der Waals surface area contributed by atoms with E-state index in [4.69, 9.17) is 5.73 Å². The SMILES string of the molecule is CN=C(N)N1CCS[C@@H](C(C)C)C1. The molecule has 2 N–H and O–H groups in total. The zero-order valence-electron chi connectivity index (χ0n) is 8.66. The molecule has 0 spiro atoms. The number of hydrogen-bond acceptors (Lipinski definition) is 2. The minimum Gasteiger partial charge on any atom is -0.370 e. The van der Waals surface area contributed by atoms with Crippen LogP contribution in [-0.4, -0.2) is 42.0 Å². The average Bonchev–Trinajstić information content (AvgIpc) is 2.17. The summed E-state index contributed by atoms with van der Waals surface area (Å²) in [5, 5.41) is 0.703. The second-order valence-corrected chi connectivity index (χ2v) is 5.03. The molecule has 0 aromatic heterocycles. The van der Waals surface area contributed by atoms with Crippen LogP contribution < -0.4 is 5.73 Å². The molecule has 1 atom stereocenters. The number of nitrogens with two attached hydrogens (primary N) is 1. The predicted octanol–water partition coefficient (Wildman–Crippen LogP) is 1.00. The maximum absolute atomic E-state index is 5.78. The van der Waals surface area contributed by atoms with Crippen molar-refractivity contribution in [2.45, 2.75) is 19.1 Å². The number of thioether (sulfide) groups is 1. The molecule has 76 valence electrons. The number of rotatable bonds is 1. The number of nitrogens with zero attached hydrogens (tertiary/aromatic N) is 2. The van der Waals surface area contributed by atoms with E-state index in [2.05, 4.69) is 35.5 Å². The van der Waals surface area contributed by atoms with Crippen molar-refractivity contribution in [3.63, 3.8) is 0 Å². The standard InChI is InChI=1S/C9H19N3S/c1-7(2)8-6-12(4-5-13-8)9(10)11-3/h7-8H,4-6H2,1-3H3,(H2,10,11)/t8-/m1/s1. The first kappa shape index (κ1) is 10.7. The van der Waals surface area contributed by atoms with Gasteiger partial charge in [-0.15, -0.1) is 0 Å². The summed E-state index contributed by atoms with van der Waals surface area (Å²) in [6, 6.07) is 0. The summed E-state index contributed by atoms with van der Waals surface area (Å²) in [5.41, 5.74) is 5.78. The van der Waals surface area contributed by atoms with Gasteiger partial charge in [-0.05, 0) is 5.92 Å². The summed E-state index contributed by atoms with van der Waals surface area (Å²) < 4.78 is 0. The van der Waals surface area contributed by atoms with Crippen LogP contribution in [0, 0.1) is 5.92 Å². The van der Waals surface area contributed by atoms with E-state index < -0.39 is 0 Å². The lowest BCUT2D eigenvalue weighted by molar-refractivity contribution is 0.389. The van der Waals surface area contributed by atoms with Crippen molar-refractivity contribution in [1.29, 1.82) is 0 Å². The van der Waals surface area contributed by atoms with Crippen LogP contribution in [0.25, 0.3) is 0 Å². The van der Waals surface area contributed by atoms with Gasteiger partial charge in [-0.2, -0.15) is 11.8 Å². The highest BCUT2D eigenvalue weighted by molar-refractivity contribution is 8.00. The summed E-state index contributed by atoms with van der Waals surface area (Å²) >= 11 is 2.05. The van der Waals surface area contributed by atoms with Gasteiger partial charge in [0, 0.05) is 31.1 Å². The molecule has 1 heterocycles. The second kappa shape index (κ2) is 4.74. The van der Waals surface area contributed by atoms with Gasteiger partial charge >= 0.3 is 0 Å². The third-order valence-electron chi connectivity index (χ3n) is 2.39. The summed E-state index contributed by atoms with van der Waals surface area (Å²) in [7, 11) is 1.75. The smallest absolute Gasteiger partial charge is 0.191 e. The molecule has 0 radical (unpaired) electrons. The first-order chi connectivity index (χ1) is 6.15. The highest BCUT2D eigenvalue weighted by Gasteiger charge is 2.23. The maximum atomic E-state index is 5.78. The van der Waals surface area contributed by atoms with Gasteiger partial charge in [0.05, 0.1) is 0 Å². The molecule has 3 nitrogen and oxygen atoms in total. The largest absolute Gasteiger partial charge is 0.370 e. The fraction of sp³-hybridized carbons (Fsp3) is 0.889. The van der Waals surface area contributed by atoms with E-state index in [1.807, 2.05) is 0 Å². The Balaban J connectivity index is 2.51. The Morgan fingerprint density at radius 1 is 1.62 bits per heavy atom. The lowest BCUT2D eigenvalue weighted by Gasteiger charge is -2.34. The molecule has 1 saturated heterocycles. The Morgan fingerprint density at radius 2 is 2.31 bits per heavy atom. The second-order valence-electron chi connectivity index (χ2n) is 3.68. The number of hydrogen-bond donors (Lipinski definition) is 1.